The van der Waals surface area contributed by atoms with E-state index in [1.165, 1.54) is 160 Å². The van der Waals surface area contributed by atoms with Crippen LogP contribution in [0.4, 0.5) is 0 Å². The molecule has 0 aromatic rings. The van der Waals surface area contributed by atoms with Gasteiger partial charge in [0.1, 0.15) is 6.10 Å². The van der Waals surface area contributed by atoms with Crippen LogP contribution in [0.25, 0.3) is 0 Å². The topological polar surface area (TPSA) is 46.5 Å². The first-order valence-electron chi connectivity index (χ1n) is 23.7. The average molecular weight is 725 g/mol. The highest BCUT2D eigenvalue weighted by molar-refractivity contribution is 5.69. The van der Waals surface area contributed by atoms with Gasteiger partial charge in [-0.1, -0.05) is 188 Å². The number of hydrogen-bond acceptors (Lipinski definition) is 3. The first-order chi connectivity index (χ1) is 25.1. The van der Waals surface area contributed by atoms with E-state index < -0.39 is 0 Å². The largest absolute Gasteiger partial charge is 0.461 e. The van der Waals surface area contributed by atoms with Crippen LogP contribution in [-0.4, -0.2) is 23.3 Å². The van der Waals surface area contributed by atoms with Gasteiger partial charge in [0, 0.05) is 18.3 Å². The van der Waals surface area contributed by atoms with E-state index in [0.29, 0.717) is 30.1 Å². The highest BCUT2D eigenvalue weighted by atomic mass is 16.5. The Hall–Kier alpha value is -0.830. The second kappa shape index (κ2) is 22.7. The number of carbonyl (C=O) groups is 1. The lowest BCUT2D eigenvalue weighted by Crippen LogP contribution is -2.56. The number of esters is 1. The van der Waals surface area contributed by atoms with Crippen molar-refractivity contribution in [3.63, 3.8) is 0 Å². The minimum Gasteiger partial charge on any atom is -0.461 e. The van der Waals surface area contributed by atoms with Gasteiger partial charge in [0.25, 0.3) is 0 Å². The zero-order valence-corrected chi connectivity index (χ0v) is 35.7. The Balaban J connectivity index is 1.11. The molecule has 0 radical (unpaired) electrons. The predicted octanol–water partition coefficient (Wildman–Crippen LogP) is 14.7. The summed E-state index contributed by atoms with van der Waals surface area (Å²) >= 11 is 0. The molecule has 4 aliphatic carbocycles. The molecule has 4 rings (SSSR count). The minimum atomic E-state index is -0.389. The van der Waals surface area contributed by atoms with Gasteiger partial charge in [-0.3, -0.25) is 4.79 Å². The first kappa shape index (κ1) is 43.9. The van der Waals surface area contributed by atoms with Crippen molar-refractivity contribution in [2.45, 2.75) is 246 Å². The third-order valence-electron chi connectivity index (χ3n) is 15.6. The van der Waals surface area contributed by atoms with Gasteiger partial charge in [-0.05, 0) is 85.9 Å². The van der Waals surface area contributed by atoms with Gasteiger partial charge in [0.2, 0.25) is 0 Å². The molecule has 52 heavy (non-hydrogen) atoms. The van der Waals surface area contributed by atoms with Crippen LogP contribution < -0.4 is 0 Å². The molecule has 9 atom stereocenters. The number of allylic oxidation sites excluding steroid dienone is 1. The molecule has 3 saturated carbocycles. The Bertz CT molecular complexity index is 1030. The maximum absolute atomic E-state index is 13.3. The number of ether oxygens (including phenoxy) is 1. The van der Waals surface area contributed by atoms with Crippen molar-refractivity contribution in [2.24, 2.45) is 46.3 Å². The molecule has 1 N–H and O–H groups in total. The zero-order chi connectivity index (χ0) is 37.4. The summed E-state index contributed by atoms with van der Waals surface area (Å²) in [5.74, 6) is 4.50. The van der Waals surface area contributed by atoms with Crippen LogP contribution in [0.15, 0.2) is 11.6 Å². The van der Waals surface area contributed by atoms with Crippen molar-refractivity contribution >= 4 is 5.97 Å². The number of carbonyl (C=O) groups excluding carboxylic acids is 1. The van der Waals surface area contributed by atoms with E-state index in [1.54, 1.807) is 0 Å². The highest BCUT2D eigenvalue weighted by Gasteiger charge is 2.61. The van der Waals surface area contributed by atoms with Gasteiger partial charge in [0.05, 0.1) is 6.10 Å². The SMILES string of the molecule is CCCCCCCCCCCCCCCCCCCCCC(=O)OC1C[C@H](O)CC2=CC[C@H]3[C@@H]4CC[C@H]([C@H](C)CCCC(C)C)[C@@]4(C)CC[C@@H]3[C@]21C. The molecular weight excluding hydrogens is 637 g/mol. The van der Waals surface area contributed by atoms with E-state index in [9.17, 15) is 9.90 Å². The molecule has 1 unspecified atom stereocenters. The molecule has 0 aromatic heterocycles. The number of rotatable bonds is 26. The number of hydrogen-bond donors (Lipinski definition) is 1. The van der Waals surface area contributed by atoms with E-state index in [-0.39, 0.29) is 23.6 Å². The van der Waals surface area contributed by atoms with Crippen molar-refractivity contribution in [2.75, 3.05) is 0 Å². The highest BCUT2D eigenvalue weighted by Crippen LogP contribution is 2.67. The summed E-state index contributed by atoms with van der Waals surface area (Å²) < 4.78 is 6.44. The minimum absolute atomic E-state index is 0.0226. The normalized spacial score (nSPS) is 31.9. The van der Waals surface area contributed by atoms with Crippen LogP contribution in [0, 0.1) is 46.3 Å². The lowest BCUT2D eigenvalue weighted by molar-refractivity contribution is -0.169. The Morgan fingerprint density at radius 3 is 1.87 bits per heavy atom. The van der Waals surface area contributed by atoms with Crippen LogP contribution in [0.2, 0.25) is 0 Å². The number of aliphatic hydroxyl groups is 1. The van der Waals surface area contributed by atoms with Crippen molar-refractivity contribution < 1.29 is 14.6 Å². The standard InChI is InChI=1S/C49H88O3/c1-7-8-9-10-11-12-13-14-15-16-17-18-19-20-21-22-23-24-25-29-47(51)52-46-37-41(50)36-40-30-31-42-44-33-32-43(39(4)28-26-27-38(2)3)48(44,5)35-34-45(42)49(40,46)6/h30,38-39,41-46,50H,7-29,31-37H2,1-6H3/t39-,41-,42+,43-,44+,45+,46?,48-,49+/m1/s1. The molecule has 0 amide bonds. The Kier molecular flexibility index (Phi) is 19.1. The fraction of sp³-hybridized carbons (Fsp3) is 0.939. The van der Waals surface area contributed by atoms with E-state index in [1.807, 2.05) is 0 Å². The van der Waals surface area contributed by atoms with Gasteiger partial charge >= 0.3 is 5.97 Å². The summed E-state index contributed by atoms with van der Waals surface area (Å²) in [4.78, 5) is 13.3. The first-order valence-corrected chi connectivity index (χ1v) is 23.7. The summed E-state index contributed by atoms with van der Waals surface area (Å²) in [6, 6.07) is 0. The third-order valence-corrected chi connectivity index (χ3v) is 15.6. The van der Waals surface area contributed by atoms with E-state index in [0.717, 1.165) is 49.4 Å². The van der Waals surface area contributed by atoms with Crippen LogP contribution in [0.1, 0.15) is 234 Å². The summed E-state index contributed by atoms with van der Waals surface area (Å²) in [6.45, 7) is 14.7. The van der Waals surface area contributed by atoms with E-state index >= 15 is 0 Å². The van der Waals surface area contributed by atoms with Gasteiger partial charge in [-0.2, -0.15) is 0 Å². The fourth-order valence-corrected chi connectivity index (χ4v) is 12.4. The van der Waals surface area contributed by atoms with Crippen molar-refractivity contribution in [1.29, 1.82) is 0 Å². The van der Waals surface area contributed by atoms with Gasteiger partial charge in [-0.25, -0.2) is 0 Å². The van der Waals surface area contributed by atoms with Crippen molar-refractivity contribution in [3.05, 3.63) is 11.6 Å². The summed E-state index contributed by atoms with van der Waals surface area (Å²) in [5.41, 5.74) is 1.73. The lowest BCUT2D eigenvalue weighted by Gasteiger charge is -2.60. The molecule has 3 nitrogen and oxygen atoms in total. The van der Waals surface area contributed by atoms with Gasteiger partial charge in [0.15, 0.2) is 0 Å². The molecule has 3 heteroatoms. The molecule has 302 valence electrons. The predicted molar refractivity (Wildman–Crippen MR) is 222 cm³/mol. The maximum Gasteiger partial charge on any atom is 0.306 e. The number of fused-ring (bicyclic) bond motifs is 5. The molecule has 4 aliphatic rings. The van der Waals surface area contributed by atoms with E-state index in [2.05, 4.69) is 47.6 Å². The van der Waals surface area contributed by atoms with Crippen molar-refractivity contribution in [3.8, 4) is 0 Å². The molecule has 0 saturated heterocycles. The summed E-state index contributed by atoms with van der Waals surface area (Å²) in [6.07, 6.45) is 40.4. The van der Waals surface area contributed by atoms with Crippen LogP contribution in [-0.2, 0) is 9.53 Å². The van der Waals surface area contributed by atoms with Crippen molar-refractivity contribution in [1.82, 2.24) is 0 Å². The molecule has 0 bridgehead atoms. The smallest absolute Gasteiger partial charge is 0.306 e. The quantitative estimate of drug-likeness (QED) is 0.0549. The second-order valence-electron chi connectivity index (χ2n) is 19.8. The summed E-state index contributed by atoms with van der Waals surface area (Å²) in [7, 11) is 0. The maximum atomic E-state index is 13.3. The Morgan fingerprint density at radius 2 is 1.31 bits per heavy atom. The zero-order valence-electron chi connectivity index (χ0n) is 35.7. The molecule has 0 aliphatic heterocycles. The number of unbranched alkanes of at least 4 members (excludes halogenated alkanes) is 18. The molecule has 3 fully saturated rings. The molecule has 0 spiro atoms. The molecule has 0 heterocycles. The Morgan fingerprint density at radius 1 is 0.750 bits per heavy atom. The molecular formula is C49H88O3. The van der Waals surface area contributed by atoms with Gasteiger partial charge < -0.3 is 9.84 Å². The fourth-order valence-electron chi connectivity index (χ4n) is 12.4. The van der Waals surface area contributed by atoms with Crippen LogP contribution in [0.3, 0.4) is 0 Å². The summed E-state index contributed by atoms with van der Waals surface area (Å²) in [5, 5.41) is 10.9. The van der Waals surface area contributed by atoms with Crippen LogP contribution >= 0.6 is 0 Å². The third kappa shape index (κ3) is 12.3. The van der Waals surface area contributed by atoms with Gasteiger partial charge in [-0.15, -0.1) is 0 Å². The average Bonchev–Trinajstić information content (AvgIpc) is 3.47. The second-order valence-corrected chi connectivity index (χ2v) is 19.8. The van der Waals surface area contributed by atoms with E-state index in [4.69, 9.17) is 4.74 Å². The Labute approximate surface area is 324 Å². The monoisotopic (exact) mass is 725 g/mol. The lowest BCUT2D eigenvalue weighted by atomic mass is 9.46. The number of aliphatic hydroxyl groups excluding tert-OH is 1. The van der Waals surface area contributed by atoms with Crippen LogP contribution in [0.5, 0.6) is 0 Å². The molecule has 0 aromatic carbocycles.